The van der Waals surface area contributed by atoms with Crippen LogP contribution in [-0.2, 0) is 21.4 Å². The minimum Gasteiger partial charge on any atom is -0.340 e. The highest BCUT2D eigenvalue weighted by Crippen LogP contribution is 2.27. The molecule has 2 aromatic carbocycles. The number of halogens is 1. The molecule has 1 aliphatic rings. The fourth-order valence-electron chi connectivity index (χ4n) is 3.39. The molecule has 1 heterocycles. The van der Waals surface area contributed by atoms with E-state index >= 15 is 0 Å². The number of hydrogen-bond donors (Lipinski definition) is 0. The molecule has 0 bridgehead atoms. The Kier molecular flexibility index (Phi) is 5.62. The Morgan fingerprint density at radius 3 is 2.52 bits per heavy atom. The highest BCUT2D eigenvalue weighted by molar-refractivity contribution is 7.89. The zero-order valence-electron chi connectivity index (χ0n) is 15.4. The van der Waals surface area contributed by atoms with Crippen LogP contribution in [0.15, 0.2) is 53.4 Å². The summed E-state index contributed by atoms with van der Waals surface area (Å²) in [7, 11) is -2.15. The molecule has 1 aliphatic heterocycles. The lowest BCUT2D eigenvalue weighted by atomic mass is 10.1. The first kappa shape index (κ1) is 19.5. The molecule has 1 fully saturated rings. The summed E-state index contributed by atoms with van der Waals surface area (Å²) in [6, 6.07) is 11.8. The van der Waals surface area contributed by atoms with Gasteiger partial charge in [0.25, 0.3) is 0 Å². The molecule has 1 amide bonds. The van der Waals surface area contributed by atoms with Crippen molar-refractivity contribution >= 4 is 15.9 Å². The molecule has 0 aromatic heterocycles. The van der Waals surface area contributed by atoms with Gasteiger partial charge in [0.1, 0.15) is 11.9 Å². The Balaban J connectivity index is 1.80. The molecule has 27 heavy (non-hydrogen) atoms. The van der Waals surface area contributed by atoms with Crippen molar-refractivity contribution in [3.05, 3.63) is 65.5 Å². The maximum atomic E-state index is 13.1. The van der Waals surface area contributed by atoms with Crippen LogP contribution in [0.5, 0.6) is 0 Å². The number of benzene rings is 2. The van der Waals surface area contributed by atoms with Crippen molar-refractivity contribution in [1.29, 1.82) is 0 Å². The van der Waals surface area contributed by atoms with Crippen LogP contribution >= 0.6 is 0 Å². The number of sulfonamides is 1. The van der Waals surface area contributed by atoms with Crippen molar-refractivity contribution in [2.45, 2.75) is 37.2 Å². The van der Waals surface area contributed by atoms with Crippen LogP contribution in [0.3, 0.4) is 0 Å². The van der Waals surface area contributed by atoms with Crippen molar-refractivity contribution in [1.82, 2.24) is 9.21 Å². The Morgan fingerprint density at radius 2 is 1.85 bits per heavy atom. The fourth-order valence-corrected chi connectivity index (χ4v) is 5.04. The van der Waals surface area contributed by atoms with Gasteiger partial charge in [0.15, 0.2) is 0 Å². The smallest absolute Gasteiger partial charge is 0.243 e. The van der Waals surface area contributed by atoms with E-state index in [9.17, 15) is 17.6 Å². The van der Waals surface area contributed by atoms with Crippen molar-refractivity contribution in [3.8, 4) is 0 Å². The number of rotatable bonds is 5. The number of hydrogen-bond acceptors (Lipinski definition) is 3. The first-order chi connectivity index (χ1) is 12.8. The average Bonchev–Trinajstić information content (AvgIpc) is 3.14. The lowest BCUT2D eigenvalue weighted by Gasteiger charge is -2.28. The maximum Gasteiger partial charge on any atom is 0.243 e. The van der Waals surface area contributed by atoms with Gasteiger partial charge in [-0.3, -0.25) is 4.79 Å². The van der Waals surface area contributed by atoms with E-state index in [1.54, 1.807) is 11.9 Å². The first-order valence-electron chi connectivity index (χ1n) is 8.87. The van der Waals surface area contributed by atoms with Crippen LogP contribution in [0.4, 0.5) is 4.39 Å². The fraction of sp³-hybridized carbons (Fsp3) is 0.350. The average molecular weight is 390 g/mol. The van der Waals surface area contributed by atoms with Crippen molar-refractivity contribution in [2.75, 3.05) is 13.6 Å². The van der Waals surface area contributed by atoms with Crippen molar-refractivity contribution < 1.29 is 17.6 Å². The van der Waals surface area contributed by atoms with E-state index in [2.05, 4.69) is 0 Å². The van der Waals surface area contributed by atoms with E-state index in [1.807, 2.05) is 31.2 Å². The van der Waals surface area contributed by atoms with E-state index in [1.165, 1.54) is 16.4 Å². The Morgan fingerprint density at radius 1 is 1.19 bits per heavy atom. The number of carbonyl (C=O) groups excluding carboxylic acids is 1. The molecule has 1 atom stereocenters. The molecule has 0 radical (unpaired) electrons. The van der Waals surface area contributed by atoms with Gasteiger partial charge in [-0.1, -0.05) is 24.3 Å². The highest BCUT2D eigenvalue weighted by Gasteiger charge is 2.40. The van der Waals surface area contributed by atoms with Gasteiger partial charge in [-0.25, -0.2) is 12.8 Å². The van der Waals surface area contributed by atoms with E-state index in [4.69, 9.17) is 0 Å². The van der Waals surface area contributed by atoms with Crippen LogP contribution in [0.2, 0.25) is 0 Å². The Labute approximate surface area is 159 Å². The third-order valence-corrected chi connectivity index (χ3v) is 6.88. The minimum atomic E-state index is -3.85. The molecule has 1 saturated heterocycles. The largest absolute Gasteiger partial charge is 0.340 e. The van der Waals surface area contributed by atoms with E-state index in [0.717, 1.165) is 23.3 Å². The molecule has 2 aromatic rings. The summed E-state index contributed by atoms with van der Waals surface area (Å²) in [4.78, 5) is 14.5. The van der Waals surface area contributed by atoms with Gasteiger partial charge in [0.05, 0.1) is 4.90 Å². The van der Waals surface area contributed by atoms with Crippen molar-refractivity contribution in [2.24, 2.45) is 0 Å². The molecule has 7 heteroatoms. The topological polar surface area (TPSA) is 57.7 Å². The van der Waals surface area contributed by atoms with E-state index in [0.29, 0.717) is 19.4 Å². The standard InChI is InChI=1S/C20H23FN2O3S/c1-15-6-3-4-7-16(15)14-22(2)20(24)19-8-5-13-23(19)27(25,26)18-11-9-17(21)10-12-18/h3-4,6-7,9-12,19H,5,8,13-14H2,1-2H3. The minimum absolute atomic E-state index is 0.00477. The first-order valence-corrected chi connectivity index (χ1v) is 10.3. The van der Waals surface area contributed by atoms with Gasteiger partial charge in [0.2, 0.25) is 15.9 Å². The summed E-state index contributed by atoms with van der Waals surface area (Å²) >= 11 is 0. The number of nitrogens with zero attached hydrogens (tertiary/aromatic N) is 2. The zero-order valence-corrected chi connectivity index (χ0v) is 16.2. The predicted molar refractivity (Wildman–Crippen MR) is 101 cm³/mol. The zero-order chi connectivity index (χ0) is 19.6. The molecule has 3 rings (SSSR count). The molecular weight excluding hydrogens is 367 g/mol. The second-order valence-electron chi connectivity index (χ2n) is 6.85. The molecule has 5 nitrogen and oxygen atoms in total. The second-order valence-corrected chi connectivity index (χ2v) is 8.74. The monoisotopic (exact) mass is 390 g/mol. The molecule has 0 saturated carbocycles. The van der Waals surface area contributed by atoms with Crippen molar-refractivity contribution in [3.63, 3.8) is 0 Å². The molecule has 1 unspecified atom stereocenters. The molecule has 0 spiro atoms. The van der Waals surface area contributed by atoms with Gasteiger partial charge in [0, 0.05) is 20.1 Å². The van der Waals surface area contributed by atoms with Gasteiger partial charge < -0.3 is 4.90 Å². The summed E-state index contributed by atoms with van der Waals surface area (Å²) in [5.74, 6) is -0.720. The normalized spacial score (nSPS) is 17.8. The number of aryl methyl sites for hydroxylation is 1. The summed E-state index contributed by atoms with van der Waals surface area (Å²) < 4.78 is 40.2. The lowest BCUT2D eigenvalue weighted by molar-refractivity contribution is -0.133. The van der Waals surface area contributed by atoms with E-state index in [-0.39, 0.29) is 17.3 Å². The number of amides is 1. The summed E-state index contributed by atoms with van der Waals surface area (Å²) in [5.41, 5.74) is 2.11. The van der Waals surface area contributed by atoms with Crippen LogP contribution in [0, 0.1) is 12.7 Å². The number of likely N-dealkylation sites (N-methyl/N-ethyl adjacent to an activating group) is 1. The Bertz CT molecular complexity index is 928. The molecular formula is C20H23FN2O3S. The predicted octanol–water partition coefficient (Wildman–Crippen LogP) is 2.95. The summed E-state index contributed by atoms with van der Waals surface area (Å²) in [6.45, 7) is 2.69. The number of carbonyl (C=O) groups is 1. The molecule has 144 valence electrons. The van der Waals surface area contributed by atoms with Crippen LogP contribution in [-0.4, -0.2) is 43.2 Å². The highest BCUT2D eigenvalue weighted by atomic mass is 32.2. The summed E-state index contributed by atoms with van der Waals surface area (Å²) in [6.07, 6.45) is 1.10. The maximum absolute atomic E-state index is 13.1. The SMILES string of the molecule is Cc1ccccc1CN(C)C(=O)C1CCCN1S(=O)(=O)c1ccc(F)cc1. The molecule has 0 aliphatic carbocycles. The van der Waals surface area contributed by atoms with Crippen LogP contribution in [0.1, 0.15) is 24.0 Å². The van der Waals surface area contributed by atoms with Crippen LogP contribution in [0.25, 0.3) is 0 Å². The lowest BCUT2D eigenvalue weighted by Crippen LogP contribution is -2.46. The van der Waals surface area contributed by atoms with Gasteiger partial charge in [-0.05, 0) is 55.2 Å². The Hall–Kier alpha value is -2.25. The third-order valence-electron chi connectivity index (χ3n) is 4.95. The quantitative estimate of drug-likeness (QED) is 0.789. The van der Waals surface area contributed by atoms with Gasteiger partial charge in [-0.15, -0.1) is 0 Å². The van der Waals surface area contributed by atoms with E-state index < -0.39 is 21.9 Å². The van der Waals surface area contributed by atoms with Gasteiger partial charge in [-0.2, -0.15) is 4.31 Å². The molecule has 0 N–H and O–H groups in total. The van der Waals surface area contributed by atoms with Gasteiger partial charge >= 0.3 is 0 Å². The second kappa shape index (κ2) is 7.78. The van der Waals surface area contributed by atoms with Crippen LogP contribution < -0.4 is 0 Å². The summed E-state index contributed by atoms with van der Waals surface area (Å²) in [5, 5.41) is 0. The third kappa shape index (κ3) is 4.04.